The van der Waals surface area contributed by atoms with Crippen LogP contribution in [-0.4, -0.2) is 43.9 Å². The average Bonchev–Trinajstić information content (AvgIpc) is 3.54. The molecule has 10 heteroatoms. The second kappa shape index (κ2) is 11.5. The SMILES string of the molecule is CCCc1nc2c(C(=O)NCCO)cccc2n1Cc1ccc2c(c1)COc1ccccc1C2=C(C)c1noc(=O)[nH]1. The molecule has 42 heavy (non-hydrogen) atoms. The zero-order valence-electron chi connectivity index (χ0n) is 23.4. The lowest BCUT2D eigenvalue weighted by molar-refractivity contribution is 0.0946. The van der Waals surface area contributed by atoms with E-state index in [1.807, 2.05) is 43.3 Å². The number of carbonyl (C=O) groups is 1. The molecule has 0 aliphatic carbocycles. The molecule has 0 unspecified atom stereocenters. The maximum Gasteiger partial charge on any atom is 0.439 e. The monoisotopic (exact) mass is 565 g/mol. The smallest absolute Gasteiger partial charge is 0.439 e. The Balaban J connectivity index is 1.44. The number of benzene rings is 3. The van der Waals surface area contributed by atoms with Crippen LogP contribution in [0.5, 0.6) is 5.75 Å². The molecule has 5 aromatic rings. The van der Waals surface area contributed by atoms with Crippen molar-refractivity contribution in [2.75, 3.05) is 13.2 Å². The van der Waals surface area contributed by atoms with Crippen LogP contribution in [0, 0.1) is 0 Å². The van der Waals surface area contributed by atoms with Crippen molar-refractivity contribution in [2.24, 2.45) is 0 Å². The zero-order chi connectivity index (χ0) is 29.2. The molecule has 0 bridgehead atoms. The van der Waals surface area contributed by atoms with Gasteiger partial charge in [-0.25, -0.2) is 9.78 Å². The van der Waals surface area contributed by atoms with Crippen LogP contribution < -0.4 is 15.8 Å². The average molecular weight is 566 g/mol. The van der Waals surface area contributed by atoms with Gasteiger partial charge in [0.05, 0.1) is 17.7 Å². The fourth-order valence-corrected chi connectivity index (χ4v) is 5.54. The molecule has 0 atom stereocenters. The van der Waals surface area contributed by atoms with Crippen molar-refractivity contribution in [3.63, 3.8) is 0 Å². The predicted octanol–water partition coefficient (Wildman–Crippen LogP) is 4.31. The number of allylic oxidation sites excluding steroid dienone is 1. The molecule has 3 aromatic carbocycles. The highest BCUT2D eigenvalue weighted by atomic mass is 16.5. The number of aromatic nitrogens is 4. The van der Waals surface area contributed by atoms with Crippen molar-refractivity contribution in [3.05, 3.63) is 111 Å². The van der Waals surface area contributed by atoms with Gasteiger partial charge in [-0.05, 0) is 59.9 Å². The van der Waals surface area contributed by atoms with Crippen molar-refractivity contribution in [3.8, 4) is 5.75 Å². The van der Waals surface area contributed by atoms with Crippen LogP contribution in [0.1, 0.15) is 64.5 Å². The number of aryl methyl sites for hydroxylation is 1. The van der Waals surface area contributed by atoms with Crippen molar-refractivity contribution < 1.29 is 19.2 Å². The van der Waals surface area contributed by atoms with Gasteiger partial charge >= 0.3 is 5.76 Å². The highest BCUT2D eigenvalue weighted by Crippen LogP contribution is 2.40. The number of aromatic amines is 1. The number of nitrogens with zero attached hydrogens (tertiary/aromatic N) is 3. The molecule has 214 valence electrons. The van der Waals surface area contributed by atoms with Gasteiger partial charge in [-0.15, -0.1) is 0 Å². The van der Waals surface area contributed by atoms with Crippen LogP contribution in [0.3, 0.4) is 0 Å². The zero-order valence-corrected chi connectivity index (χ0v) is 23.4. The largest absolute Gasteiger partial charge is 0.488 e. The van der Waals surface area contributed by atoms with Crippen molar-refractivity contribution in [1.29, 1.82) is 0 Å². The van der Waals surface area contributed by atoms with Crippen LogP contribution >= 0.6 is 0 Å². The maximum absolute atomic E-state index is 12.8. The van der Waals surface area contributed by atoms with Crippen LogP contribution in [0.25, 0.3) is 22.2 Å². The normalized spacial score (nSPS) is 13.7. The van der Waals surface area contributed by atoms with Gasteiger partial charge in [0.25, 0.3) is 5.91 Å². The summed E-state index contributed by atoms with van der Waals surface area (Å²) in [6.45, 7) is 5.00. The summed E-state index contributed by atoms with van der Waals surface area (Å²) in [6, 6.07) is 19.7. The molecule has 2 aromatic heterocycles. The number of ether oxygens (including phenoxy) is 1. The lowest BCUT2D eigenvalue weighted by atomic mass is 9.89. The molecule has 0 saturated heterocycles. The third kappa shape index (κ3) is 5.01. The van der Waals surface area contributed by atoms with Crippen molar-refractivity contribution in [2.45, 2.75) is 39.8 Å². The Bertz CT molecular complexity index is 1880. The van der Waals surface area contributed by atoms with Gasteiger partial charge in [-0.3, -0.25) is 14.3 Å². The summed E-state index contributed by atoms with van der Waals surface area (Å²) in [5.41, 5.74) is 7.63. The lowest BCUT2D eigenvalue weighted by Crippen LogP contribution is -2.26. The number of imidazole rings is 1. The van der Waals surface area contributed by atoms with E-state index in [9.17, 15) is 9.59 Å². The third-order valence-corrected chi connectivity index (χ3v) is 7.46. The Labute approximate surface area is 241 Å². The number of aliphatic hydroxyl groups is 1. The van der Waals surface area contributed by atoms with Gasteiger partial charge < -0.3 is 19.7 Å². The Kier molecular flexibility index (Phi) is 7.45. The van der Waals surface area contributed by atoms with Gasteiger partial charge in [0.2, 0.25) is 0 Å². The molecular weight excluding hydrogens is 534 g/mol. The molecule has 6 rings (SSSR count). The van der Waals surface area contributed by atoms with E-state index in [1.54, 1.807) is 6.07 Å². The van der Waals surface area contributed by atoms with E-state index in [4.69, 9.17) is 19.4 Å². The molecular formula is C32H31N5O5. The number of nitrogens with one attached hydrogen (secondary N) is 2. The van der Waals surface area contributed by atoms with E-state index in [-0.39, 0.29) is 19.1 Å². The van der Waals surface area contributed by atoms with Gasteiger partial charge in [0, 0.05) is 30.6 Å². The van der Waals surface area contributed by atoms with Crippen molar-refractivity contribution >= 4 is 28.1 Å². The van der Waals surface area contributed by atoms with Crippen LogP contribution in [0.15, 0.2) is 70.0 Å². The quantitative estimate of drug-likeness (QED) is 0.255. The van der Waals surface area contributed by atoms with E-state index in [2.05, 4.69) is 45.1 Å². The molecule has 1 aliphatic rings. The highest BCUT2D eigenvalue weighted by Gasteiger charge is 2.24. The number of amides is 1. The summed E-state index contributed by atoms with van der Waals surface area (Å²) >= 11 is 0. The van der Waals surface area contributed by atoms with E-state index < -0.39 is 5.76 Å². The van der Waals surface area contributed by atoms with Gasteiger partial charge in [0.15, 0.2) is 5.82 Å². The number of fused-ring (bicyclic) bond motifs is 3. The lowest BCUT2D eigenvalue weighted by Gasteiger charge is -2.15. The number of hydrogen-bond acceptors (Lipinski definition) is 7. The summed E-state index contributed by atoms with van der Waals surface area (Å²) in [5, 5.41) is 15.8. The Morgan fingerprint density at radius 2 is 1.98 bits per heavy atom. The number of carbonyl (C=O) groups excluding carboxylic acids is 1. The number of aliphatic hydroxyl groups excluding tert-OH is 1. The minimum atomic E-state index is -0.608. The number of rotatable bonds is 8. The number of hydrogen-bond donors (Lipinski definition) is 3. The van der Waals surface area contributed by atoms with Crippen LogP contribution in [0.4, 0.5) is 0 Å². The minimum absolute atomic E-state index is 0.128. The van der Waals surface area contributed by atoms with Gasteiger partial charge in [-0.2, -0.15) is 0 Å². The van der Waals surface area contributed by atoms with Gasteiger partial charge in [-0.1, -0.05) is 48.5 Å². The molecule has 3 N–H and O–H groups in total. The molecule has 10 nitrogen and oxygen atoms in total. The Morgan fingerprint density at radius 3 is 2.76 bits per heavy atom. The maximum atomic E-state index is 12.8. The first-order chi connectivity index (χ1) is 20.5. The number of H-pyrrole nitrogens is 1. The molecule has 1 aliphatic heterocycles. The highest BCUT2D eigenvalue weighted by molar-refractivity contribution is 6.05. The second-order valence-corrected chi connectivity index (χ2v) is 10.2. The fraction of sp³-hybridized carbons (Fsp3) is 0.250. The van der Waals surface area contributed by atoms with E-state index in [0.29, 0.717) is 30.1 Å². The first-order valence-corrected chi connectivity index (χ1v) is 14.0. The van der Waals surface area contributed by atoms with Gasteiger partial charge in [0.1, 0.15) is 23.7 Å². The third-order valence-electron chi connectivity index (χ3n) is 7.46. The first kappa shape index (κ1) is 27.2. The molecule has 0 saturated carbocycles. The van der Waals surface area contributed by atoms with E-state index in [1.165, 1.54) is 0 Å². The summed E-state index contributed by atoms with van der Waals surface area (Å²) < 4.78 is 13.2. The molecule has 1 amide bonds. The molecule has 3 heterocycles. The summed E-state index contributed by atoms with van der Waals surface area (Å²) in [5.74, 6) is 1.15. The predicted molar refractivity (Wildman–Crippen MR) is 158 cm³/mol. The van der Waals surface area contributed by atoms with Crippen molar-refractivity contribution in [1.82, 2.24) is 25.0 Å². The molecule has 0 fully saturated rings. The summed E-state index contributed by atoms with van der Waals surface area (Å²) in [6.07, 6.45) is 1.67. The standard InChI is InChI=1S/C32H31N5O5/c1-3-7-27-34-29-24(31(39)33-14-15-38)9-6-10-25(29)37(27)17-20-12-13-22-21(16-20)18-41-26-11-5-4-8-23(26)28(22)19(2)30-35-32(40)42-36-30/h4-6,8-13,16,38H,3,7,14-15,17-18H2,1-2H3,(H,33,39)(H,35,36,40). The minimum Gasteiger partial charge on any atom is -0.488 e. The second-order valence-electron chi connectivity index (χ2n) is 10.2. The molecule has 0 spiro atoms. The van der Waals surface area contributed by atoms with E-state index >= 15 is 0 Å². The van der Waals surface area contributed by atoms with Crippen LogP contribution in [-0.2, 0) is 19.6 Å². The summed E-state index contributed by atoms with van der Waals surface area (Å²) in [4.78, 5) is 32.1. The molecule has 0 radical (unpaired) electrons. The fourth-order valence-electron chi connectivity index (χ4n) is 5.54. The topological polar surface area (TPSA) is 135 Å². The Hall–Kier alpha value is -4.96. The summed E-state index contributed by atoms with van der Waals surface area (Å²) in [7, 11) is 0. The number of para-hydroxylation sites is 2. The first-order valence-electron chi connectivity index (χ1n) is 14.0. The Morgan fingerprint density at radius 1 is 1.12 bits per heavy atom. The van der Waals surface area contributed by atoms with Crippen LogP contribution in [0.2, 0.25) is 0 Å². The van der Waals surface area contributed by atoms with E-state index in [0.717, 1.165) is 63.3 Å².